The summed E-state index contributed by atoms with van der Waals surface area (Å²) in [6, 6.07) is 0. The van der Waals surface area contributed by atoms with Crippen LogP contribution in [0.2, 0.25) is 0 Å². The molecule has 2 fully saturated rings. The summed E-state index contributed by atoms with van der Waals surface area (Å²) in [6.45, 7) is 2.55. The van der Waals surface area contributed by atoms with Crippen LogP contribution in [0.1, 0.15) is 206 Å². The molecule has 0 aliphatic carbocycles. The summed E-state index contributed by atoms with van der Waals surface area (Å²) in [4.78, 5) is 25.8. The van der Waals surface area contributed by atoms with E-state index >= 15 is 0 Å². The zero-order valence-electron chi connectivity index (χ0n) is 44.4. The standard InChI is InChI=1S/C57H100O15/c1-3-5-7-9-11-13-15-17-19-20-21-22-23-24-26-28-30-32-34-36-38-40-49(60)70-45(42-67-48(59)39-37-35-33-31-29-27-25-18-16-14-12-10-8-6-4-2)43-68-56-55(66)53(64)51(62)47(72-56)44-69-57-54(65)52(63)50(61)46(41-58)71-57/h19-20,22-23,26,28,32,34,45-47,50-58,61-66H,3-18,21,24-25,27,29-31,33,35-44H2,1-2H3/b20-19+,23-22+,28-26+,34-32+/t45-,46+,47+,50-,51-,52?,53?,54?,55?,56+,57+/m1/s1. The number of carbonyl (C=O) groups excluding carboxylic acids is 2. The average molecular weight is 1030 g/mol. The van der Waals surface area contributed by atoms with E-state index in [1.54, 1.807) is 0 Å². The summed E-state index contributed by atoms with van der Waals surface area (Å²) < 4.78 is 33.6. The van der Waals surface area contributed by atoms with Crippen LogP contribution in [0.25, 0.3) is 0 Å². The Labute approximate surface area is 433 Å². The number of aliphatic hydroxyl groups is 7. The minimum atomic E-state index is -1.78. The van der Waals surface area contributed by atoms with Crippen molar-refractivity contribution in [3.8, 4) is 0 Å². The Bertz CT molecular complexity index is 1440. The largest absolute Gasteiger partial charge is 0.462 e. The third kappa shape index (κ3) is 30.7. The van der Waals surface area contributed by atoms with Crippen LogP contribution < -0.4 is 0 Å². The van der Waals surface area contributed by atoms with Crippen molar-refractivity contribution < 1.29 is 73.8 Å². The Morgan fingerprint density at radius 3 is 1.35 bits per heavy atom. The molecule has 2 aliphatic heterocycles. The fraction of sp³-hybridized carbons (Fsp3) is 0.825. The summed E-state index contributed by atoms with van der Waals surface area (Å²) in [5.74, 6) is -0.985. The zero-order chi connectivity index (χ0) is 52.4. The number of rotatable bonds is 44. The molecule has 418 valence electrons. The second kappa shape index (κ2) is 43.7. The van der Waals surface area contributed by atoms with Crippen molar-refractivity contribution in [2.75, 3.05) is 26.4 Å². The molecule has 4 unspecified atom stereocenters. The number of esters is 2. The summed E-state index contributed by atoms with van der Waals surface area (Å²) in [6.07, 6.45) is 32.8. The lowest BCUT2D eigenvalue weighted by Gasteiger charge is -2.42. The highest BCUT2D eigenvalue weighted by Crippen LogP contribution is 2.26. The number of hydrogen-bond donors (Lipinski definition) is 7. The van der Waals surface area contributed by atoms with E-state index in [-0.39, 0.29) is 19.4 Å². The van der Waals surface area contributed by atoms with Crippen molar-refractivity contribution in [3.05, 3.63) is 48.6 Å². The number of unbranched alkanes of at least 4 members (excludes halogenated alkanes) is 22. The molecule has 72 heavy (non-hydrogen) atoms. The Kier molecular flexibility index (Phi) is 39.8. The van der Waals surface area contributed by atoms with Crippen molar-refractivity contribution in [3.63, 3.8) is 0 Å². The molecule has 7 N–H and O–H groups in total. The zero-order valence-corrected chi connectivity index (χ0v) is 44.4. The van der Waals surface area contributed by atoms with E-state index in [2.05, 4.69) is 56.4 Å². The maximum atomic E-state index is 13.0. The molecule has 15 nitrogen and oxygen atoms in total. The van der Waals surface area contributed by atoms with Crippen LogP contribution in [0.5, 0.6) is 0 Å². The molecule has 0 aromatic rings. The van der Waals surface area contributed by atoms with Crippen LogP contribution in [0.3, 0.4) is 0 Å². The highest BCUT2D eigenvalue weighted by molar-refractivity contribution is 5.70. The van der Waals surface area contributed by atoms with Crippen LogP contribution in [0.4, 0.5) is 0 Å². The lowest BCUT2D eigenvalue weighted by molar-refractivity contribution is -0.332. The fourth-order valence-corrected chi connectivity index (χ4v) is 8.68. The van der Waals surface area contributed by atoms with E-state index in [0.29, 0.717) is 19.3 Å². The van der Waals surface area contributed by atoms with Gasteiger partial charge in [0.05, 0.1) is 19.8 Å². The SMILES string of the molecule is CCCCCCCCC/C=C/C/C=C/C/C=C/C/C=C/CCCC(=O)O[C@H](COC(=O)CCCCCCCCCCCCCCCCC)CO[C@H]1O[C@@H](CO[C@H]2O[C@@H](CO)[C@@H](O)C(O)C2O)[C@@H](O)C(O)C1O. The van der Waals surface area contributed by atoms with Gasteiger partial charge in [-0.15, -0.1) is 0 Å². The smallest absolute Gasteiger partial charge is 0.306 e. The fourth-order valence-electron chi connectivity index (χ4n) is 8.68. The molecular formula is C57H100O15. The van der Waals surface area contributed by atoms with Gasteiger partial charge < -0.3 is 64.2 Å². The Morgan fingerprint density at radius 1 is 0.444 bits per heavy atom. The lowest BCUT2D eigenvalue weighted by atomic mass is 9.98. The highest BCUT2D eigenvalue weighted by atomic mass is 16.7. The first-order valence-electron chi connectivity index (χ1n) is 28.2. The molecule has 11 atom stereocenters. The molecule has 15 heteroatoms. The van der Waals surface area contributed by atoms with Crippen LogP contribution in [-0.2, 0) is 38.0 Å². The molecule has 0 aromatic carbocycles. The first kappa shape index (κ1) is 65.6. The molecular weight excluding hydrogens is 925 g/mol. The Hall–Kier alpha value is -2.54. The molecule has 2 saturated heterocycles. The van der Waals surface area contributed by atoms with E-state index in [1.165, 1.54) is 116 Å². The maximum absolute atomic E-state index is 13.0. The van der Waals surface area contributed by atoms with Crippen molar-refractivity contribution in [2.45, 2.75) is 274 Å². The topological polar surface area (TPSA) is 231 Å². The van der Waals surface area contributed by atoms with E-state index in [1.807, 2.05) is 6.08 Å². The Morgan fingerprint density at radius 2 is 0.847 bits per heavy atom. The van der Waals surface area contributed by atoms with E-state index in [0.717, 1.165) is 44.9 Å². The van der Waals surface area contributed by atoms with Crippen LogP contribution in [0.15, 0.2) is 48.6 Å². The number of carbonyl (C=O) groups is 2. The predicted octanol–water partition coefficient (Wildman–Crippen LogP) is 9.05. The molecule has 0 amide bonds. The van der Waals surface area contributed by atoms with E-state index in [9.17, 15) is 45.3 Å². The third-order valence-electron chi connectivity index (χ3n) is 13.3. The molecule has 0 saturated carbocycles. The van der Waals surface area contributed by atoms with Crippen LogP contribution in [0, 0.1) is 0 Å². The number of ether oxygens (including phenoxy) is 6. The predicted molar refractivity (Wildman–Crippen MR) is 280 cm³/mol. The number of allylic oxidation sites excluding steroid dienone is 8. The van der Waals surface area contributed by atoms with Gasteiger partial charge in [-0.1, -0.05) is 191 Å². The van der Waals surface area contributed by atoms with Gasteiger partial charge in [0.15, 0.2) is 18.7 Å². The molecule has 0 spiro atoms. The summed E-state index contributed by atoms with van der Waals surface area (Å²) in [5, 5.41) is 72.2. The second-order valence-corrected chi connectivity index (χ2v) is 19.8. The van der Waals surface area contributed by atoms with Crippen molar-refractivity contribution in [1.82, 2.24) is 0 Å². The van der Waals surface area contributed by atoms with Gasteiger partial charge in [-0.2, -0.15) is 0 Å². The lowest BCUT2D eigenvalue weighted by Crippen LogP contribution is -2.61. The van der Waals surface area contributed by atoms with Crippen LogP contribution in [-0.4, -0.2) is 142 Å². The van der Waals surface area contributed by atoms with E-state index < -0.39 is 99.3 Å². The third-order valence-corrected chi connectivity index (χ3v) is 13.3. The second-order valence-electron chi connectivity index (χ2n) is 19.8. The molecule has 2 aliphatic rings. The monoisotopic (exact) mass is 1020 g/mol. The van der Waals surface area contributed by atoms with Gasteiger partial charge in [0.1, 0.15) is 55.4 Å². The summed E-state index contributed by atoms with van der Waals surface area (Å²) >= 11 is 0. The van der Waals surface area contributed by atoms with Gasteiger partial charge in [0, 0.05) is 12.8 Å². The molecule has 2 heterocycles. The van der Waals surface area contributed by atoms with Crippen LogP contribution >= 0.6 is 0 Å². The van der Waals surface area contributed by atoms with Crippen molar-refractivity contribution >= 4 is 11.9 Å². The van der Waals surface area contributed by atoms with Crippen molar-refractivity contribution in [2.24, 2.45) is 0 Å². The summed E-state index contributed by atoms with van der Waals surface area (Å²) in [5.41, 5.74) is 0. The van der Waals surface area contributed by atoms with Gasteiger partial charge in [0.2, 0.25) is 0 Å². The first-order chi connectivity index (χ1) is 35.0. The van der Waals surface area contributed by atoms with E-state index in [4.69, 9.17) is 28.4 Å². The molecule has 0 radical (unpaired) electrons. The molecule has 2 rings (SSSR count). The van der Waals surface area contributed by atoms with Gasteiger partial charge in [-0.05, 0) is 51.4 Å². The highest BCUT2D eigenvalue weighted by Gasteiger charge is 2.47. The quantitative estimate of drug-likeness (QED) is 0.0171. The number of aliphatic hydroxyl groups excluding tert-OH is 7. The molecule has 0 bridgehead atoms. The van der Waals surface area contributed by atoms with Gasteiger partial charge in [-0.3, -0.25) is 9.59 Å². The molecule has 0 aromatic heterocycles. The normalized spacial score (nSPS) is 25.3. The Balaban J connectivity index is 1.80. The minimum absolute atomic E-state index is 0.0901. The van der Waals surface area contributed by atoms with Crippen molar-refractivity contribution in [1.29, 1.82) is 0 Å². The maximum Gasteiger partial charge on any atom is 0.306 e. The van der Waals surface area contributed by atoms with Gasteiger partial charge in [0.25, 0.3) is 0 Å². The first-order valence-corrected chi connectivity index (χ1v) is 28.2. The van der Waals surface area contributed by atoms with Gasteiger partial charge in [-0.25, -0.2) is 0 Å². The number of hydrogen-bond acceptors (Lipinski definition) is 15. The van der Waals surface area contributed by atoms with Gasteiger partial charge >= 0.3 is 11.9 Å². The summed E-state index contributed by atoms with van der Waals surface area (Å²) in [7, 11) is 0. The average Bonchev–Trinajstić information content (AvgIpc) is 3.37. The minimum Gasteiger partial charge on any atom is -0.462 e.